The Bertz CT molecular complexity index is 928. The van der Waals surface area contributed by atoms with Crippen LogP contribution in [0.25, 0.3) is 10.9 Å². The van der Waals surface area contributed by atoms with Crippen molar-refractivity contribution < 1.29 is 0 Å². The van der Waals surface area contributed by atoms with Gasteiger partial charge in [-0.2, -0.15) is 10.1 Å². The second-order valence-electron chi connectivity index (χ2n) is 7.12. The number of piperazine rings is 1. The Kier molecular flexibility index (Phi) is 3.18. The van der Waals surface area contributed by atoms with E-state index in [0.29, 0.717) is 5.54 Å². The number of nitrogens with zero attached hydrogens (tertiary/aromatic N) is 4. The van der Waals surface area contributed by atoms with Gasteiger partial charge in [-0.05, 0) is 38.0 Å². The molecule has 2 aromatic heterocycles. The number of hydrogen-bond acceptors (Lipinski definition) is 6. The fourth-order valence-electron chi connectivity index (χ4n) is 3.54. The van der Waals surface area contributed by atoms with Crippen LogP contribution in [0, 0.1) is 6.92 Å². The molecular formula is C18H21N7. The number of aromatic amines is 1. The van der Waals surface area contributed by atoms with Crippen LogP contribution >= 0.6 is 0 Å². The molecule has 1 saturated carbocycles. The number of hydrogen-bond donors (Lipinski definition) is 3. The molecule has 5 rings (SSSR count). The molecule has 3 aromatic rings. The smallest absolute Gasteiger partial charge is 0.227 e. The van der Waals surface area contributed by atoms with Crippen molar-refractivity contribution in [2.45, 2.75) is 25.3 Å². The number of aryl methyl sites for hydroxylation is 1. The number of H-pyrrole nitrogens is 1. The van der Waals surface area contributed by atoms with E-state index in [1.54, 1.807) is 0 Å². The van der Waals surface area contributed by atoms with Crippen molar-refractivity contribution >= 4 is 28.4 Å². The topological polar surface area (TPSA) is 81.8 Å². The molecule has 2 aliphatic rings. The third-order valence-corrected chi connectivity index (χ3v) is 5.07. The average molecular weight is 335 g/mol. The Morgan fingerprint density at radius 3 is 3.00 bits per heavy atom. The molecule has 1 aliphatic heterocycles. The summed E-state index contributed by atoms with van der Waals surface area (Å²) in [6.07, 6.45) is 4.34. The summed E-state index contributed by atoms with van der Waals surface area (Å²) in [5, 5.41) is 15.2. The van der Waals surface area contributed by atoms with Gasteiger partial charge in [0, 0.05) is 48.0 Å². The van der Waals surface area contributed by atoms with E-state index < -0.39 is 0 Å². The summed E-state index contributed by atoms with van der Waals surface area (Å²) in [7, 11) is 0. The molecule has 7 nitrogen and oxygen atoms in total. The third-order valence-electron chi connectivity index (χ3n) is 5.07. The van der Waals surface area contributed by atoms with E-state index in [-0.39, 0.29) is 0 Å². The highest BCUT2D eigenvalue weighted by atomic mass is 15.3. The molecule has 25 heavy (non-hydrogen) atoms. The average Bonchev–Trinajstić information content (AvgIpc) is 3.17. The predicted molar refractivity (Wildman–Crippen MR) is 98.3 cm³/mol. The number of fused-ring (bicyclic) bond motifs is 1. The summed E-state index contributed by atoms with van der Waals surface area (Å²) in [5.41, 5.74) is 3.31. The van der Waals surface area contributed by atoms with Crippen LogP contribution in [-0.4, -0.2) is 45.3 Å². The molecule has 0 atom stereocenters. The zero-order chi connectivity index (χ0) is 16.9. The molecule has 0 radical (unpaired) electrons. The lowest BCUT2D eigenvalue weighted by Gasteiger charge is -2.34. The molecule has 1 saturated heterocycles. The van der Waals surface area contributed by atoms with Gasteiger partial charge in [-0.3, -0.25) is 5.10 Å². The number of aromatic nitrogens is 4. The van der Waals surface area contributed by atoms with E-state index in [9.17, 15) is 0 Å². The molecule has 0 unspecified atom stereocenters. The quantitative estimate of drug-likeness (QED) is 0.682. The summed E-state index contributed by atoms with van der Waals surface area (Å²) in [4.78, 5) is 11.7. The van der Waals surface area contributed by atoms with Gasteiger partial charge in [-0.1, -0.05) is 0 Å². The minimum absolute atomic E-state index is 0.311. The molecule has 7 heteroatoms. The second kappa shape index (κ2) is 5.42. The van der Waals surface area contributed by atoms with Crippen molar-refractivity contribution in [3.05, 3.63) is 36.2 Å². The van der Waals surface area contributed by atoms with Gasteiger partial charge in [0.1, 0.15) is 5.82 Å². The highest BCUT2D eigenvalue weighted by Gasteiger charge is 2.46. The molecule has 0 amide bonds. The molecule has 1 aromatic carbocycles. The van der Waals surface area contributed by atoms with Gasteiger partial charge in [0.25, 0.3) is 0 Å². The van der Waals surface area contributed by atoms with Gasteiger partial charge in [0.05, 0.1) is 11.7 Å². The maximum atomic E-state index is 4.77. The Balaban J connectivity index is 1.42. The SMILES string of the molecule is Cc1cc(Nc2ccc3[nH]ncc3c2)nc(N2CCNC3(CC3)C2)n1. The van der Waals surface area contributed by atoms with E-state index in [4.69, 9.17) is 4.98 Å². The van der Waals surface area contributed by atoms with Crippen LogP contribution in [-0.2, 0) is 0 Å². The number of nitrogens with one attached hydrogen (secondary N) is 3. The molecule has 2 fully saturated rings. The lowest BCUT2D eigenvalue weighted by molar-refractivity contribution is 0.438. The molecule has 3 N–H and O–H groups in total. The monoisotopic (exact) mass is 335 g/mol. The fourth-order valence-corrected chi connectivity index (χ4v) is 3.54. The normalized spacial score (nSPS) is 18.7. The molecule has 1 aliphatic carbocycles. The van der Waals surface area contributed by atoms with Crippen molar-refractivity contribution in [1.29, 1.82) is 0 Å². The molecule has 0 bridgehead atoms. The Morgan fingerprint density at radius 1 is 1.20 bits per heavy atom. The van der Waals surface area contributed by atoms with E-state index in [0.717, 1.165) is 53.7 Å². The van der Waals surface area contributed by atoms with E-state index in [1.807, 2.05) is 31.3 Å². The first-order valence-electron chi connectivity index (χ1n) is 8.75. The lowest BCUT2D eigenvalue weighted by atomic mass is 10.2. The summed E-state index contributed by atoms with van der Waals surface area (Å²) in [6, 6.07) is 8.10. The van der Waals surface area contributed by atoms with Crippen molar-refractivity contribution in [2.24, 2.45) is 0 Å². The lowest BCUT2D eigenvalue weighted by Crippen LogP contribution is -2.53. The molecular weight excluding hydrogens is 314 g/mol. The first-order valence-corrected chi connectivity index (χ1v) is 8.75. The highest BCUT2D eigenvalue weighted by molar-refractivity contribution is 5.82. The van der Waals surface area contributed by atoms with Gasteiger partial charge < -0.3 is 15.5 Å². The van der Waals surface area contributed by atoms with E-state index >= 15 is 0 Å². The Morgan fingerprint density at radius 2 is 2.12 bits per heavy atom. The summed E-state index contributed by atoms with van der Waals surface area (Å²) < 4.78 is 0. The van der Waals surface area contributed by atoms with Gasteiger partial charge in [-0.25, -0.2) is 4.98 Å². The Labute approximate surface area is 145 Å². The van der Waals surface area contributed by atoms with Gasteiger partial charge in [-0.15, -0.1) is 0 Å². The zero-order valence-corrected chi connectivity index (χ0v) is 14.2. The zero-order valence-electron chi connectivity index (χ0n) is 14.2. The van der Waals surface area contributed by atoms with Crippen molar-refractivity contribution in [1.82, 2.24) is 25.5 Å². The maximum absolute atomic E-state index is 4.77. The van der Waals surface area contributed by atoms with Crippen LogP contribution in [0.4, 0.5) is 17.5 Å². The van der Waals surface area contributed by atoms with E-state index in [2.05, 4.69) is 36.8 Å². The highest BCUT2D eigenvalue weighted by Crippen LogP contribution is 2.38. The van der Waals surface area contributed by atoms with Crippen molar-refractivity contribution in [2.75, 3.05) is 29.9 Å². The van der Waals surface area contributed by atoms with Crippen molar-refractivity contribution in [3.63, 3.8) is 0 Å². The van der Waals surface area contributed by atoms with Crippen molar-refractivity contribution in [3.8, 4) is 0 Å². The van der Waals surface area contributed by atoms with Gasteiger partial charge in [0.15, 0.2) is 0 Å². The van der Waals surface area contributed by atoms with Crippen LogP contribution in [0.5, 0.6) is 0 Å². The summed E-state index contributed by atoms with van der Waals surface area (Å²) in [6.45, 7) is 4.96. The van der Waals surface area contributed by atoms with E-state index in [1.165, 1.54) is 12.8 Å². The standard InChI is InChI=1S/C18H21N7/c1-12-8-16(22-14-2-3-15-13(9-14)10-20-24-15)23-17(21-12)25-7-6-19-18(11-25)4-5-18/h2-3,8-10,19H,4-7,11H2,1H3,(H,20,24)(H,21,22,23). The molecule has 3 heterocycles. The second-order valence-corrected chi connectivity index (χ2v) is 7.12. The van der Waals surface area contributed by atoms with Gasteiger partial charge in [0.2, 0.25) is 5.95 Å². The predicted octanol–water partition coefficient (Wildman–Crippen LogP) is 2.35. The van der Waals surface area contributed by atoms with Gasteiger partial charge >= 0.3 is 0 Å². The van der Waals surface area contributed by atoms with Crippen LogP contribution < -0.4 is 15.5 Å². The summed E-state index contributed by atoms with van der Waals surface area (Å²) in [5.74, 6) is 1.65. The summed E-state index contributed by atoms with van der Waals surface area (Å²) >= 11 is 0. The third kappa shape index (κ3) is 2.80. The Hall–Kier alpha value is -2.67. The minimum atomic E-state index is 0.311. The van der Waals surface area contributed by atoms with Crippen LogP contribution in [0.15, 0.2) is 30.5 Å². The largest absolute Gasteiger partial charge is 0.340 e. The van der Waals surface area contributed by atoms with Crippen LogP contribution in [0.2, 0.25) is 0 Å². The minimum Gasteiger partial charge on any atom is -0.340 e. The van der Waals surface area contributed by atoms with Crippen LogP contribution in [0.1, 0.15) is 18.5 Å². The van der Waals surface area contributed by atoms with Crippen LogP contribution in [0.3, 0.4) is 0 Å². The molecule has 128 valence electrons. The fraction of sp³-hybridized carbons (Fsp3) is 0.389. The number of rotatable bonds is 3. The number of anilines is 3. The number of benzene rings is 1. The first-order chi connectivity index (χ1) is 12.2. The molecule has 1 spiro atoms. The maximum Gasteiger partial charge on any atom is 0.227 e. The first kappa shape index (κ1) is 14.7.